The summed E-state index contributed by atoms with van der Waals surface area (Å²) in [6.07, 6.45) is 0.972. The molecule has 28 heavy (non-hydrogen) atoms. The van der Waals surface area contributed by atoms with Crippen LogP contribution in [0.3, 0.4) is 0 Å². The van der Waals surface area contributed by atoms with Crippen molar-refractivity contribution in [2.24, 2.45) is 0 Å². The fourth-order valence-corrected chi connectivity index (χ4v) is 4.52. The number of nitrogens with zero attached hydrogens (tertiary/aromatic N) is 2. The molecule has 1 aliphatic rings. The fraction of sp³-hybridized carbons (Fsp3) is 0.364. The first-order valence-corrected chi connectivity index (χ1v) is 10.4. The number of rotatable bonds is 4. The number of aromatic nitrogens is 1. The molecule has 146 valence electrons. The van der Waals surface area contributed by atoms with Gasteiger partial charge in [0.1, 0.15) is 0 Å². The Kier molecular flexibility index (Phi) is 5.08. The lowest BCUT2D eigenvalue weighted by atomic mass is 9.92. The highest BCUT2D eigenvalue weighted by atomic mass is 32.1. The second-order valence-electron chi connectivity index (χ2n) is 8.21. The van der Waals surface area contributed by atoms with Crippen molar-refractivity contribution in [1.82, 2.24) is 10.1 Å². The average molecular weight is 396 g/mol. The Bertz CT molecular complexity index is 956. The Morgan fingerprint density at radius 3 is 2.79 bits per heavy atom. The molecule has 1 atom stereocenters. The van der Waals surface area contributed by atoms with Crippen LogP contribution in [0, 0.1) is 0 Å². The first kappa shape index (κ1) is 18.9. The molecule has 1 N–H and O–H groups in total. The smallest absolute Gasteiger partial charge is 0.240 e. The highest BCUT2D eigenvalue weighted by molar-refractivity contribution is 7.10. The Labute approximate surface area is 169 Å². The molecule has 1 aromatic carbocycles. The molecular weight excluding hydrogens is 370 g/mol. The zero-order valence-electron chi connectivity index (χ0n) is 16.4. The Morgan fingerprint density at radius 2 is 2.07 bits per heavy atom. The van der Waals surface area contributed by atoms with E-state index in [4.69, 9.17) is 4.52 Å². The summed E-state index contributed by atoms with van der Waals surface area (Å²) >= 11 is 1.80. The molecule has 0 spiro atoms. The van der Waals surface area contributed by atoms with Crippen LogP contribution in [0.1, 0.15) is 48.5 Å². The van der Waals surface area contributed by atoms with Crippen LogP contribution in [0.2, 0.25) is 0 Å². The highest BCUT2D eigenvalue weighted by Gasteiger charge is 2.31. The summed E-state index contributed by atoms with van der Waals surface area (Å²) in [5.74, 6) is 0.315. The van der Waals surface area contributed by atoms with Crippen molar-refractivity contribution in [3.63, 3.8) is 0 Å². The molecule has 0 saturated carbocycles. The molecule has 4 rings (SSSR count). The standard InChI is InChI=1S/C22H25N3O2S/c1-22(2,3)18-13-20(27-24-18)23-19(26)14-25-11-9-17-16(10-12-28-17)21(25)15-7-5-4-6-8-15/h4-8,10,12-13,21H,9,11,14H2,1-3H3,(H,23,26). The summed E-state index contributed by atoms with van der Waals surface area (Å²) < 4.78 is 5.31. The van der Waals surface area contributed by atoms with Gasteiger partial charge in [0.25, 0.3) is 0 Å². The summed E-state index contributed by atoms with van der Waals surface area (Å²) in [7, 11) is 0. The number of fused-ring (bicyclic) bond motifs is 1. The van der Waals surface area contributed by atoms with Gasteiger partial charge in [-0.1, -0.05) is 56.3 Å². The lowest BCUT2D eigenvalue weighted by Gasteiger charge is -2.35. The molecular formula is C22H25N3O2S. The van der Waals surface area contributed by atoms with Gasteiger partial charge in [0.05, 0.1) is 18.3 Å². The predicted molar refractivity (Wildman–Crippen MR) is 112 cm³/mol. The summed E-state index contributed by atoms with van der Waals surface area (Å²) in [6.45, 7) is 7.35. The van der Waals surface area contributed by atoms with Crippen molar-refractivity contribution >= 4 is 23.1 Å². The minimum absolute atomic E-state index is 0.0868. The van der Waals surface area contributed by atoms with Crippen LogP contribution in [0.25, 0.3) is 0 Å². The van der Waals surface area contributed by atoms with Gasteiger partial charge in [0.15, 0.2) is 0 Å². The fourth-order valence-electron chi connectivity index (χ4n) is 3.61. The Balaban J connectivity index is 1.51. The molecule has 2 aromatic heterocycles. The average Bonchev–Trinajstić information content (AvgIpc) is 3.31. The van der Waals surface area contributed by atoms with Gasteiger partial charge in [0.2, 0.25) is 11.8 Å². The number of carbonyl (C=O) groups excluding carboxylic acids is 1. The number of benzene rings is 1. The van der Waals surface area contributed by atoms with Crippen molar-refractivity contribution in [2.45, 2.75) is 38.6 Å². The van der Waals surface area contributed by atoms with E-state index < -0.39 is 0 Å². The van der Waals surface area contributed by atoms with Crippen molar-refractivity contribution < 1.29 is 9.32 Å². The van der Waals surface area contributed by atoms with Crippen LogP contribution in [0.15, 0.2) is 52.4 Å². The topological polar surface area (TPSA) is 58.4 Å². The normalized spacial score (nSPS) is 17.3. The number of hydrogen-bond donors (Lipinski definition) is 1. The first-order chi connectivity index (χ1) is 13.4. The van der Waals surface area contributed by atoms with E-state index in [9.17, 15) is 4.79 Å². The minimum atomic E-state index is -0.118. The van der Waals surface area contributed by atoms with Crippen molar-refractivity contribution in [3.05, 3.63) is 69.5 Å². The van der Waals surface area contributed by atoms with E-state index >= 15 is 0 Å². The second-order valence-corrected chi connectivity index (χ2v) is 9.21. The van der Waals surface area contributed by atoms with Gasteiger partial charge in [-0.25, -0.2) is 0 Å². The molecule has 3 heterocycles. The molecule has 0 fully saturated rings. The molecule has 0 bridgehead atoms. The number of amides is 1. The summed E-state index contributed by atoms with van der Waals surface area (Å²) in [4.78, 5) is 16.4. The van der Waals surface area contributed by atoms with Crippen LogP contribution >= 0.6 is 11.3 Å². The highest BCUT2D eigenvalue weighted by Crippen LogP contribution is 2.37. The molecule has 6 heteroatoms. The van der Waals surface area contributed by atoms with Gasteiger partial charge in [-0.15, -0.1) is 11.3 Å². The monoisotopic (exact) mass is 395 g/mol. The summed E-state index contributed by atoms with van der Waals surface area (Å²) in [5, 5.41) is 9.08. The van der Waals surface area contributed by atoms with E-state index in [0.29, 0.717) is 12.4 Å². The van der Waals surface area contributed by atoms with E-state index in [1.807, 2.05) is 6.07 Å². The third-order valence-corrected chi connectivity index (χ3v) is 6.07. The molecule has 5 nitrogen and oxygen atoms in total. The molecule has 0 saturated heterocycles. The van der Waals surface area contributed by atoms with Gasteiger partial charge < -0.3 is 4.52 Å². The van der Waals surface area contributed by atoms with Crippen LogP contribution in [0.5, 0.6) is 0 Å². The SMILES string of the molecule is CC(C)(C)c1cc(NC(=O)CN2CCc3sccc3C2c2ccccc2)on1. The number of carbonyl (C=O) groups is 1. The van der Waals surface area contributed by atoms with Crippen molar-refractivity contribution in [1.29, 1.82) is 0 Å². The van der Waals surface area contributed by atoms with Crippen molar-refractivity contribution in [3.8, 4) is 0 Å². The van der Waals surface area contributed by atoms with Crippen LogP contribution < -0.4 is 5.32 Å². The third kappa shape index (κ3) is 3.88. The van der Waals surface area contributed by atoms with Crippen molar-refractivity contribution in [2.75, 3.05) is 18.4 Å². The number of anilines is 1. The third-order valence-electron chi connectivity index (χ3n) is 5.07. The largest absolute Gasteiger partial charge is 0.338 e. The van der Waals surface area contributed by atoms with Gasteiger partial charge in [-0.05, 0) is 29.0 Å². The zero-order chi connectivity index (χ0) is 19.7. The van der Waals surface area contributed by atoms with E-state index in [0.717, 1.165) is 18.7 Å². The number of hydrogen-bond acceptors (Lipinski definition) is 5. The summed E-state index contributed by atoms with van der Waals surface area (Å²) in [6, 6.07) is 14.5. The lowest BCUT2D eigenvalue weighted by molar-refractivity contribution is -0.117. The number of thiophene rings is 1. The minimum Gasteiger partial charge on any atom is -0.338 e. The molecule has 1 aliphatic heterocycles. The zero-order valence-corrected chi connectivity index (χ0v) is 17.3. The maximum atomic E-state index is 12.7. The number of nitrogens with one attached hydrogen (secondary N) is 1. The molecule has 1 amide bonds. The van der Waals surface area contributed by atoms with Crippen LogP contribution in [-0.4, -0.2) is 29.1 Å². The lowest BCUT2D eigenvalue weighted by Crippen LogP contribution is -2.40. The maximum Gasteiger partial charge on any atom is 0.240 e. The maximum absolute atomic E-state index is 12.7. The van der Waals surface area contributed by atoms with Gasteiger partial charge >= 0.3 is 0 Å². The quantitative estimate of drug-likeness (QED) is 0.700. The van der Waals surface area contributed by atoms with E-state index in [-0.39, 0.29) is 17.4 Å². The van der Waals surface area contributed by atoms with Crippen LogP contribution in [-0.2, 0) is 16.6 Å². The molecule has 0 radical (unpaired) electrons. The van der Waals surface area contributed by atoms with Gasteiger partial charge in [-0.3, -0.25) is 15.0 Å². The second kappa shape index (κ2) is 7.53. The Morgan fingerprint density at radius 1 is 1.29 bits per heavy atom. The van der Waals surface area contributed by atoms with Gasteiger partial charge in [-0.2, -0.15) is 0 Å². The first-order valence-electron chi connectivity index (χ1n) is 9.54. The predicted octanol–water partition coefficient (Wildman–Crippen LogP) is 4.62. The van der Waals surface area contributed by atoms with E-state index in [1.165, 1.54) is 16.0 Å². The van der Waals surface area contributed by atoms with E-state index in [2.05, 4.69) is 71.9 Å². The molecule has 3 aromatic rings. The van der Waals surface area contributed by atoms with Gasteiger partial charge in [0, 0.05) is 22.9 Å². The molecule has 0 aliphatic carbocycles. The summed E-state index contributed by atoms with van der Waals surface area (Å²) in [5.41, 5.74) is 3.23. The van der Waals surface area contributed by atoms with E-state index in [1.54, 1.807) is 17.4 Å². The Hall–Kier alpha value is -2.44. The van der Waals surface area contributed by atoms with Crippen LogP contribution in [0.4, 0.5) is 5.88 Å². The molecule has 1 unspecified atom stereocenters.